The minimum atomic E-state index is -0.659. The molecular formula is C11H19N3O4. The molecule has 0 unspecified atom stereocenters. The molecule has 1 aliphatic rings. The van der Waals surface area contributed by atoms with Crippen molar-refractivity contribution < 1.29 is 20.4 Å². The lowest BCUT2D eigenvalue weighted by atomic mass is 9.88. The predicted molar refractivity (Wildman–Crippen MR) is 61.7 cm³/mol. The van der Waals surface area contributed by atoms with Gasteiger partial charge in [-0.25, -0.2) is 4.68 Å². The van der Waals surface area contributed by atoms with E-state index >= 15 is 0 Å². The number of hydrogen-bond acceptors (Lipinski definition) is 6. The van der Waals surface area contributed by atoms with E-state index in [1.165, 1.54) is 0 Å². The highest BCUT2D eigenvalue weighted by molar-refractivity contribution is 5.00. The second-order valence-electron chi connectivity index (χ2n) is 5.02. The highest BCUT2D eigenvalue weighted by Gasteiger charge is 2.45. The van der Waals surface area contributed by atoms with Gasteiger partial charge in [-0.2, -0.15) is 0 Å². The molecule has 0 aliphatic heterocycles. The standard InChI is InChI=1S/C11H19N3O4/c15-2-1-8-5-14(13-12-8)9-3-11(6-16,7-17)4-10(9)18/h5,9-10,15-18H,1-4,6-7H2/t9-,10-/m0/s1. The van der Waals surface area contributed by atoms with Gasteiger partial charge in [0, 0.05) is 24.6 Å². The minimum absolute atomic E-state index is 0.00311. The van der Waals surface area contributed by atoms with E-state index in [0.29, 0.717) is 25.0 Å². The Morgan fingerprint density at radius 2 is 2.00 bits per heavy atom. The molecule has 7 heteroatoms. The molecule has 1 saturated carbocycles. The first-order valence-corrected chi connectivity index (χ1v) is 6.05. The van der Waals surface area contributed by atoms with Crippen molar-refractivity contribution in [2.75, 3.05) is 19.8 Å². The lowest BCUT2D eigenvalue weighted by molar-refractivity contribution is 0.0466. The van der Waals surface area contributed by atoms with Gasteiger partial charge in [-0.1, -0.05) is 5.21 Å². The van der Waals surface area contributed by atoms with Crippen molar-refractivity contribution in [2.45, 2.75) is 31.4 Å². The van der Waals surface area contributed by atoms with Crippen molar-refractivity contribution in [3.8, 4) is 0 Å². The summed E-state index contributed by atoms with van der Waals surface area (Å²) in [5, 5.41) is 45.3. The third-order valence-corrected chi connectivity index (χ3v) is 3.66. The fraction of sp³-hybridized carbons (Fsp3) is 0.818. The van der Waals surface area contributed by atoms with Crippen LogP contribution in [-0.4, -0.2) is 61.3 Å². The summed E-state index contributed by atoms with van der Waals surface area (Å²) in [5.74, 6) is 0. The molecule has 1 aromatic heterocycles. The maximum absolute atomic E-state index is 10.0. The molecule has 2 rings (SSSR count). The smallest absolute Gasteiger partial charge is 0.0850 e. The van der Waals surface area contributed by atoms with Gasteiger partial charge in [-0.3, -0.25) is 0 Å². The second-order valence-corrected chi connectivity index (χ2v) is 5.02. The van der Waals surface area contributed by atoms with Gasteiger partial charge in [0.25, 0.3) is 0 Å². The Labute approximate surface area is 105 Å². The van der Waals surface area contributed by atoms with Crippen LogP contribution in [0, 0.1) is 5.41 Å². The molecule has 0 amide bonds. The fourth-order valence-electron chi connectivity index (χ4n) is 2.53. The largest absolute Gasteiger partial charge is 0.396 e. The molecule has 0 spiro atoms. The highest BCUT2D eigenvalue weighted by Crippen LogP contribution is 2.43. The van der Waals surface area contributed by atoms with Crippen LogP contribution in [-0.2, 0) is 6.42 Å². The Hall–Kier alpha value is -1.02. The average molecular weight is 257 g/mol. The summed E-state index contributed by atoms with van der Waals surface area (Å²) in [5.41, 5.74) is 0.0166. The molecule has 0 radical (unpaired) electrons. The van der Waals surface area contributed by atoms with Crippen LogP contribution in [0.2, 0.25) is 0 Å². The molecule has 1 fully saturated rings. The number of rotatable bonds is 5. The van der Waals surface area contributed by atoms with Crippen LogP contribution in [0.15, 0.2) is 6.20 Å². The average Bonchev–Trinajstić information content (AvgIpc) is 2.95. The zero-order valence-corrected chi connectivity index (χ0v) is 10.1. The Balaban J connectivity index is 2.13. The van der Waals surface area contributed by atoms with Crippen LogP contribution in [0.4, 0.5) is 0 Å². The van der Waals surface area contributed by atoms with Gasteiger partial charge in [0.15, 0.2) is 0 Å². The van der Waals surface area contributed by atoms with Gasteiger partial charge in [-0.05, 0) is 12.8 Å². The second kappa shape index (κ2) is 5.31. The zero-order valence-electron chi connectivity index (χ0n) is 10.1. The third-order valence-electron chi connectivity index (χ3n) is 3.66. The van der Waals surface area contributed by atoms with Gasteiger partial charge >= 0.3 is 0 Å². The van der Waals surface area contributed by atoms with E-state index in [9.17, 15) is 15.3 Å². The molecule has 1 aliphatic carbocycles. The molecule has 1 heterocycles. The van der Waals surface area contributed by atoms with E-state index in [1.807, 2.05) is 0 Å². The maximum Gasteiger partial charge on any atom is 0.0850 e. The summed E-state index contributed by atoms with van der Waals surface area (Å²) in [6, 6.07) is -0.288. The SMILES string of the molecule is OCCc1cn([C@H]2CC(CO)(CO)C[C@@H]2O)nn1. The van der Waals surface area contributed by atoms with E-state index in [4.69, 9.17) is 5.11 Å². The minimum Gasteiger partial charge on any atom is -0.396 e. The first-order chi connectivity index (χ1) is 8.64. The maximum atomic E-state index is 10.0. The van der Waals surface area contributed by atoms with E-state index in [0.717, 1.165) is 0 Å². The number of aliphatic hydroxyl groups excluding tert-OH is 4. The van der Waals surface area contributed by atoms with Gasteiger partial charge in [-0.15, -0.1) is 5.10 Å². The van der Waals surface area contributed by atoms with E-state index in [2.05, 4.69) is 10.3 Å². The van der Waals surface area contributed by atoms with Crippen LogP contribution in [0.3, 0.4) is 0 Å². The Morgan fingerprint density at radius 1 is 1.28 bits per heavy atom. The van der Waals surface area contributed by atoms with Crippen molar-refractivity contribution in [1.29, 1.82) is 0 Å². The van der Waals surface area contributed by atoms with Gasteiger partial charge in [0.1, 0.15) is 0 Å². The fourth-order valence-corrected chi connectivity index (χ4v) is 2.53. The quantitative estimate of drug-likeness (QED) is 0.510. The first kappa shape index (κ1) is 13.4. The van der Waals surface area contributed by atoms with Crippen molar-refractivity contribution in [2.24, 2.45) is 5.41 Å². The summed E-state index contributed by atoms with van der Waals surface area (Å²) < 4.78 is 1.56. The molecule has 0 saturated heterocycles. The summed E-state index contributed by atoms with van der Waals surface area (Å²) in [6.07, 6.45) is 2.26. The monoisotopic (exact) mass is 257 g/mol. The molecule has 102 valence electrons. The number of aromatic nitrogens is 3. The molecule has 0 aromatic carbocycles. The normalized spacial score (nSPS) is 26.7. The van der Waals surface area contributed by atoms with Gasteiger partial charge in [0.2, 0.25) is 0 Å². The molecule has 18 heavy (non-hydrogen) atoms. The van der Waals surface area contributed by atoms with E-state index in [1.54, 1.807) is 10.9 Å². The highest BCUT2D eigenvalue weighted by atomic mass is 16.3. The van der Waals surface area contributed by atoms with Gasteiger partial charge < -0.3 is 20.4 Å². The van der Waals surface area contributed by atoms with Crippen LogP contribution >= 0.6 is 0 Å². The summed E-state index contributed by atoms with van der Waals surface area (Å²) in [6.45, 7) is -0.312. The van der Waals surface area contributed by atoms with Crippen molar-refractivity contribution in [3.05, 3.63) is 11.9 Å². The van der Waals surface area contributed by atoms with Gasteiger partial charge in [0.05, 0.1) is 31.1 Å². The molecule has 4 N–H and O–H groups in total. The zero-order chi connectivity index (χ0) is 13.2. The van der Waals surface area contributed by atoms with Crippen LogP contribution < -0.4 is 0 Å². The topological polar surface area (TPSA) is 112 Å². The molecule has 2 atom stereocenters. The van der Waals surface area contributed by atoms with Crippen LogP contribution in [0.25, 0.3) is 0 Å². The van der Waals surface area contributed by atoms with Crippen molar-refractivity contribution in [1.82, 2.24) is 15.0 Å². The van der Waals surface area contributed by atoms with Crippen molar-refractivity contribution >= 4 is 0 Å². The molecule has 1 aromatic rings. The van der Waals surface area contributed by atoms with Crippen LogP contribution in [0.5, 0.6) is 0 Å². The Morgan fingerprint density at radius 3 is 2.56 bits per heavy atom. The summed E-state index contributed by atoms with van der Waals surface area (Å²) in [7, 11) is 0. The molecule has 7 nitrogen and oxygen atoms in total. The number of nitrogens with zero attached hydrogens (tertiary/aromatic N) is 3. The summed E-state index contributed by atoms with van der Waals surface area (Å²) in [4.78, 5) is 0. The Bertz CT molecular complexity index is 391. The van der Waals surface area contributed by atoms with Crippen molar-refractivity contribution in [3.63, 3.8) is 0 Å². The number of aliphatic hydroxyl groups is 4. The van der Waals surface area contributed by atoms with Crippen LogP contribution in [0.1, 0.15) is 24.6 Å². The molecular weight excluding hydrogens is 238 g/mol. The third kappa shape index (κ3) is 2.39. The predicted octanol–water partition coefficient (Wildman–Crippen LogP) is -1.52. The number of hydrogen-bond donors (Lipinski definition) is 4. The first-order valence-electron chi connectivity index (χ1n) is 6.05. The van der Waals surface area contributed by atoms with E-state index < -0.39 is 11.5 Å². The molecule has 0 bridgehead atoms. The lowest BCUT2D eigenvalue weighted by Gasteiger charge is -2.23. The Kier molecular flexibility index (Phi) is 3.96. The lowest BCUT2D eigenvalue weighted by Crippen LogP contribution is -2.27. The van der Waals surface area contributed by atoms with E-state index in [-0.39, 0.29) is 25.9 Å². The summed E-state index contributed by atoms with van der Waals surface area (Å²) >= 11 is 0.